The maximum atomic E-state index is 12.6. The van der Waals surface area contributed by atoms with Crippen molar-refractivity contribution in [1.29, 1.82) is 0 Å². The molecular formula is C11H13FN2O2S. The van der Waals surface area contributed by atoms with E-state index in [4.69, 9.17) is 5.73 Å². The van der Waals surface area contributed by atoms with E-state index in [-0.39, 0.29) is 17.5 Å². The third-order valence-corrected chi connectivity index (χ3v) is 3.15. The summed E-state index contributed by atoms with van der Waals surface area (Å²) in [7, 11) is 0. The Bertz CT molecular complexity index is 408. The molecule has 92 valence electrons. The van der Waals surface area contributed by atoms with Gasteiger partial charge in [-0.2, -0.15) is 0 Å². The number of nitrogens with one attached hydrogen (secondary N) is 1. The Morgan fingerprint density at radius 3 is 2.53 bits per heavy atom. The molecule has 1 aromatic carbocycles. The summed E-state index contributed by atoms with van der Waals surface area (Å²) < 4.78 is 12.6. The zero-order valence-corrected chi connectivity index (χ0v) is 10.1. The molecule has 6 heteroatoms. The van der Waals surface area contributed by atoms with Gasteiger partial charge in [-0.3, -0.25) is 9.59 Å². The van der Waals surface area contributed by atoms with Gasteiger partial charge in [0.15, 0.2) is 0 Å². The highest BCUT2D eigenvalue weighted by molar-refractivity contribution is 8.01. The SMILES string of the molecule is CC(SCC(=O)Nc1ccc(F)cc1)C(N)=O. The van der Waals surface area contributed by atoms with Gasteiger partial charge in [-0.05, 0) is 31.2 Å². The van der Waals surface area contributed by atoms with Crippen LogP contribution >= 0.6 is 11.8 Å². The molecule has 0 heterocycles. The number of primary amides is 1. The highest BCUT2D eigenvalue weighted by Crippen LogP contribution is 2.12. The maximum Gasteiger partial charge on any atom is 0.234 e. The Kier molecular flexibility index (Phi) is 4.96. The summed E-state index contributed by atoms with van der Waals surface area (Å²) in [6.45, 7) is 1.64. The molecule has 2 amide bonds. The minimum atomic E-state index is -0.454. The summed E-state index contributed by atoms with van der Waals surface area (Å²) in [5.41, 5.74) is 5.58. The predicted molar refractivity (Wildman–Crippen MR) is 66.1 cm³/mol. The van der Waals surface area contributed by atoms with Crippen molar-refractivity contribution in [3.63, 3.8) is 0 Å². The van der Waals surface area contributed by atoms with Gasteiger partial charge in [-0.25, -0.2) is 4.39 Å². The topological polar surface area (TPSA) is 72.2 Å². The van der Waals surface area contributed by atoms with Gasteiger partial charge in [0, 0.05) is 5.69 Å². The van der Waals surface area contributed by atoms with Crippen molar-refractivity contribution in [2.45, 2.75) is 12.2 Å². The van der Waals surface area contributed by atoms with Gasteiger partial charge in [0.05, 0.1) is 11.0 Å². The summed E-state index contributed by atoms with van der Waals surface area (Å²) in [5.74, 6) is -0.944. The number of halogens is 1. The molecule has 0 saturated carbocycles. The first-order chi connectivity index (χ1) is 7.99. The lowest BCUT2D eigenvalue weighted by Gasteiger charge is -2.07. The Morgan fingerprint density at radius 1 is 1.41 bits per heavy atom. The molecule has 17 heavy (non-hydrogen) atoms. The summed E-state index contributed by atoms with van der Waals surface area (Å²) in [4.78, 5) is 22.2. The first-order valence-corrected chi connectivity index (χ1v) is 6.00. The average Bonchev–Trinajstić information content (AvgIpc) is 2.29. The van der Waals surface area contributed by atoms with E-state index < -0.39 is 11.2 Å². The number of amides is 2. The highest BCUT2D eigenvalue weighted by Gasteiger charge is 2.11. The maximum absolute atomic E-state index is 12.6. The molecule has 1 rings (SSSR count). The monoisotopic (exact) mass is 256 g/mol. The number of carbonyl (C=O) groups excluding carboxylic acids is 2. The van der Waals surface area contributed by atoms with E-state index in [0.29, 0.717) is 5.69 Å². The van der Waals surface area contributed by atoms with Crippen molar-refractivity contribution in [1.82, 2.24) is 0 Å². The molecule has 0 fully saturated rings. The molecular weight excluding hydrogens is 243 g/mol. The third-order valence-electron chi connectivity index (χ3n) is 1.99. The minimum absolute atomic E-state index is 0.126. The Labute approximate surface area is 103 Å². The van der Waals surface area contributed by atoms with Crippen LogP contribution in [0.25, 0.3) is 0 Å². The second-order valence-corrected chi connectivity index (χ2v) is 4.74. The first-order valence-electron chi connectivity index (χ1n) is 4.95. The number of hydrogen-bond acceptors (Lipinski definition) is 3. The molecule has 0 aliphatic carbocycles. The molecule has 1 unspecified atom stereocenters. The van der Waals surface area contributed by atoms with Crippen molar-refractivity contribution >= 4 is 29.3 Å². The molecule has 0 aliphatic rings. The van der Waals surface area contributed by atoms with Gasteiger partial charge in [0.2, 0.25) is 11.8 Å². The van der Waals surface area contributed by atoms with Crippen molar-refractivity contribution in [3.8, 4) is 0 Å². The first kappa shape index (κ1) is 13.5. The molecule has 1 atom stereocenters. The lowest BCUT2D eigenvalue weighted by atomic mass is 10.3. The smallest absolute Gasteiger partial charge is 0.234 e. The molecule has 0 bridgehead atoms. The third kappa shape index (κ3) is 4.86. The van der Waals surface area contributed by atoms with Gasteiger partial charge in [-0.1, -0.05) is 0 Å². The van der Waals surface area contributed by atoms with E-state index in [1.54, 1.807) is 6.92 Å². The molecule has 0 aliphatic heterocycles. The minimum Gasteiger partial charge on any atom is -0.369 e. The van der Waals surface area contributed by atoms with Crippen LogP contribution in [0.15, 0.2) is 24.3 Å². The zero-order chi connectivity index (χ0) is 12.8. The van der Waals surface area contributed by atoms with E-state index >= 15 is 0 Å². The fourth-order valence-electron chi connectivity index (χ4n) is 1.01. The normalized spacial score (nSPS) is 11.9. The molecule has 0 saturated heterocycles. The largest absolute Gasteiger partial charge is 0.369 e. The zero-order valence-electron chi connectivity index (χ0n) is 9.27. The van der Waals surface area contributed by atoms with E-state index in [0.717, 1.165) is 11.8 Å². The van der Waals surface area contributed by atoms with Crippen LogP contribution in [0.5, 0.6) is 0 Å². The van der Waals surface area contributed by atoms with Gasteiger partial charge >= 0.3 is 0 Å². The number of thioether (sulfide) groups is 1. The van der Waals surface area contributed by atoms with Crippen molar-refractivity contribution in [2.24, 2.45) is 5.73 Å². The van der Waals surface area contributed by atoms with E-state index in [1.807, 2.05) is 0 Å². The Morgan fingerprint density at radius 2 is 2.00 bits per heavy atom. The van der Waals surface area contributed by atoms with Crippen molar-refractivity contribution in [3.05, 3.63) is 30.1 Å². The lowest BCUT2D eigenvalue weighted by molar-refractivity contribution is -0.117. The summed E-state index contributed by atoms with van der Waals surface area (Å²) >= 11 is 1.15. The molecule has 3 N–H and O–H groups in total. The number of carbonyl (C=O) groups is 2. The van der Waals surface area contributed by atoms with Crippen LogP contribution in [0.2, 0.25) is 0 Å². The van der Waals surface area contributed by atoms with Crippen LogP contribution in [-0.2, 0) is 9.59 Å². The average molecular weight is 256 g/mol. The fourth-order valence-corrected chi connectivity index (χ4v) is 1.65. The molecule has 0 aromatic heterocycles. The quantitative estimate of drug-likeness (QED) is 0.835. The van der Waals surface area contributed by atoms with Crippen LogP contribution in [-0.4, -0.2) is 22.8 Å². The molecule has 4 nitrogen and oxygen atoms in total. The van der Waals surface area contributed by atoms with Gasteiger partial charge in [0.1, 0.15) is 5.82 Å². The summed E-state index contributed by atoms with van der Waals surface area (Å²) in [6, 6.07) is 5.45. The number of benzene rings is 1. The molecule has 0 radical (unpaired) electrons. The second kappa shape index (κ2) is 6.24. The van der Waals surface area contributed by atoms with Gasteiger partial charge in [0.25, 0.3) is 0 Å². The Balaban J connectivity index is 2.39. The van der Waals surface area contributed by atoms with Gasteiger partial charge < -0.3 is 11.1 Å². The Hall–Kier alpha value is -1.56. The van der Waals surface area contributed by atoms with E-state index in [2.05, 4.69) is 5.32 Å². The predicted octanol–water partition coefficient (Wildman–Crippen LogP) is 1.37. The molecule has 1 aromatic rings. The highest BCUT2D eigenvalue weighted by atomic mass is 32.2. The van der Waals surface area contributed by atoms with Crippen LogP contribution in [0.3, 0.4) is 0 Å². The standard InChI is InChI=1S/C11H13FN2O2S/c1-7(11(13)16)17-6-10(15)14-9-4-2-8(12)3-5-9/h2-5,7H,6H2,1H3,(H2,13,16)(H,14,15). The van der Waals surface area contributed by atoms with Crippen molar-refractivity contribution in [2.75, 3.05) is 11.1 Å². The fraction of sp³-hybridized carbons (Fsp3) is 0.273. The summed E-state index contributed by atoms with van der Waals surface area (Å²) in [5, 5.41) is 2.18. The number of hydrogen-bond donors (Lipinski definition) is 2. The van der Waals surface area contributed by atoms with E-state index in [1.165, 1.54) is 24.3 Å². The van der Waals surface area contributed by atoms with Crippen LogP contribution in [0.1, 0.15) is 6.92 Å². The van der Waals surface area contributed by atoms with E-state index in [9.17, 15) is 14.0 Å². The lowest BCUT2D eigenvalue weighted by Crippen LogP contribution is -2.25. The van der Waals surface area contributed by atoms with Crippen LogP contribution in [0, 0.1) is 5.82 Å². The molecule has 0 spiro atoms. The summed E-state index contributed by atoms with van der Waals surface area (Å²) in [6.07, 6.45) is 0. The number of rotatable bonds is 5. The number of nitrogens with two attached hydrogens (primary N) is 1. The van der Waals surface area contributed by atoms with Crippen LogP contribution < -0.4 is 11.1 Å². The second-order valence-electron chi connectivity index (χ2n) is 3.41. The number of anilines is 1. The van der Waals surface area contributed by atoms with Gasteiger partial charge in [-0.15, -0.1) is 11.8 Å². The van der Waals surface area contributed by atoms with Crippen LogP contribution in [0.4, 0.5) is 10.1 Å². The van der Waals surface area contributed by atoms with Crippen molar-refractivity contribution < 1.29 is 14.0 Å².